The third-order valence-corrected chi connectivity index (χ3v) is 2.69. The molecule has 5 heteroatoms. The number of nitrogens with one attached hydrogen (secondary N) is 2. The van der Waals surface area contributed by atoms with Gasteiger partial charge in [-0.2, -0.15) is 5.10 Å². The second kappa shape index (κ2) is 6.04. The molecule has 100 valence electrons. The number of para-hydroxylation sites is 1. The second-order valence-electron chi connectivity index (χ2n) is 4.19. The van der Waals surface area contributed by atoms with Crippen molar-refractivity contribution in [3.8, 4) is 5.75 Å². The van der Waals surface area contributed by atoms with Crippen LogP contribution >= 0.6 is 0 Å². The van der Waals surface area contributed by atoms with Crippen LogP contribution in [0.1, 0.15) is 19.5 Å². The van der Waals surface area contributed by atoms with Gasteiger partial charge in [-0.3, -0.25) is 9.89 Å². The number of amides is 1. The fourth-order valence-electron chi connectivity index (χ4n) is 1.59. The van der Waals surface area contributed by atoms with E-state index in [9.17, 15) is 4.79 Å². The van der Waals surface area contributed by atoms with Gasteiger partial charge in [0.1, 0.15) is 5.75 Å². The van der Waals surface area contributed by atoms with Gasteiger partial charge in [0, 0.05) is 11.8 Å². The Morgan fingerprint density at radius 3 is 2.79 bits per heavy atom. The third-order valence-electron chi connectivity index (χ3n) is 2.69. The van der Waals surface area contributed by atoms with Gasteiger partial charge in [-0.1, -0.05) is 25.1 Å². The molecule has 1 atom stereocenters. The van der Waals surface area contributed by atoms with Crippen molar-refractivity contribution in [3.63, 3.8) is 0 Å². The van der Waals surface area contributed by atoms with E-state index in [1.807, 2.05) is 43.3 Å². The Morgan fingerprint density at radius 1 is 1.42 bits per heavy atom. The molecule has 19 heavy (non-hydrogen) atoms. The molecule has 0 radical (unpaired) electrons. The van der Waals surface area contributed by atoms with Crippen LogP contribution in [0.3, 0.4) is 0 Å². The van der Waals surface area contributed by atoms with Crippen molar-refractivity contribution in [2.24, 2.45) is 0 Å². The summed E-state index contributed by atoms with van der Waals surface area (Å²) in [5, 5.41) is 9.56. The maximum atomic E-state index is 11.9. The molecule has 2 rings (SSSR count). The maximum absolute atomic E-state index is 11.9. The average molecular weight is 259 g/mol. The number of aryl methyl sites for hydroxylation is 1. The molecule has 0 saturated carbocycles. The van der Waals surface area contributed by atoms with Gasteiger partial charge in [-0.15, -0.1) is 0 Å². The number of rotatable bonds is 5. The summed E-state index contributed by atoms with van der Waals surface area (Å²) in [6.45, 7) is 3.72. The smallest absolute Gasteiger partial charge is 0.266 e. The molecular weight excluding hydrogens is 242 g/mol. The lowest BCUT2D eigenvalue weighted by atomic mass is 10.3. The summed E-state index contributed by atoms with van der Waals surface area (Å²) in [5.74, 6) is 0.963. The molecule has 1 heterocycles. The molecule has 2 aromatic rings. The highest BCUT2D eigenvalue weighted by molar-refractivity contribution is 5.93. The van der Waals surface area contributed by atoms with E-state index in [0.717, 1.165) is 12.1 Å². The molecule has 1 unspecified atom stereocenters. The number of carbonyl (C=O) groups excluding carboxylic acids is 1. The van der Waals surface area contributed by atoms with E-state index in [2.05, 4.69) is 15.5 Å². The zero-order valence-electron chi connectivity index (χ0n) is 11.0. The fourth-order valence-corrected chi connectivity index (χ4v) is 1.59. The lowest BCUT2D eigenvalue weighted by Gasteiger charge is -2.13. The molecule has 0 fully saturated rings. The average Bonchev–Trinajstić information content (AvgIpc) is 2.87. The van der Waals surface area contributed by atoms with Gasteiger partial charge in [0.15, 0.2) is 11.9 Å². The zero-order chi connectivity index (χ0) is 13.7. The van der Waals surface area contributed by atoms with E-state index < -0.39 is 6.10 Å². The monoisotopic (exact) mass is 259 g/mol. The number of hydrogen-bond donors (Lipinski definition) is 2. The van der Waals surface area contributed by atoms with Gasteiger partial charge in [0.05, 0.1) is 0 Å². The van der Waals surface area contributed by atoms with Crippen molar-refractivity contribution < 1.29 is 9.53 Å². The van der Waals surface area contributed by atoms with E-state index in [1.54, 1.807) is 6.92 Å². The minimum absolute atomic E-state index is 0.224. The van der Waals surface area contributed by atoms with Crippen molar-refractivity contribution in [2.45, 2.75) is 26.4 Å². The Bertz CT molecular complexity index is 537. The first-order chi connectivity index (χ1) is 9.19. The van der Waals surface area contributed by atoms with Crippen molar-refractivity contribution in [1.29, 1.82) is 0 Å². The predicted molar refractivity (Wildman–Crippen MR) is 73.1 cm³/mol. The molecule has 0 saturated heterocycles. The topological polar surface area (TPSA) is 67.0 Å². The molecule has 1 amide bonds. The molecule has 0 aliphatic heterocycles. The number of aromatic nitrogens is 2. The van der Waals surface area contributed by atoms with Gasteiger partial charge >= 0.3 is 0 Å². The Balaban J connectivity index is 1.92. The number of carbonyl (C=O) groups is 1. The van der Waals surface area contributed by atoms with Crippen LogP contribution in [0.4, 0.5) is 5.82 Å². The lowest BCUT2D eigenvalue weighted by molar-refractivity contribution is -0.122. The lowest BCUT2D eigenvalue weighted by Crippen LogP contribution is -2.30. The number of ether oxygens (including phenoxy) is 1. The Hall–Kier alpha value is -2.30. The summed E-state index contributed by atoms with van der Waals surface area (Å²) in [4.78, 5) is 11.9. The van der Waals surface area contributed by atoms with Crippen LogP contribution in [0.25, 0.3) is 0 Å². The third kappa shape index (κ3) is 3.58. The molecule has 0 spiro atoms. The molecule has 0 aliphatic carbocycles. The first kappa shape index (κ1) is 13.1. The minimum Gasteiger partial charge on any atom is -0.481 e. The van der Waals surface area contributed by atoms with Gasteiger partial charge < -0.3 is 10.1 Å². The van der Waals surface area contributed by atoms with Crippen molar-refractivity contribution in [1.82, 2.24) is 10.2 Å². The fraction of sp³-hybridized carbons (Fsp3) is 0.286. The molecule has 1 aromatic carbocycles. The molecule has 5 nitrogen and oxygen atoms in total. The van der Waals surface area contributed by atoms with E-state index in [0.29, 0.717) is 11.6 Å². The second-order valence-corrected chi connectivity index (χ2v) is 4.19. The van der Waals surface area contributed by atoms with Crippen molar-refractivity contribution >= 4 is 11.7 Å². The summed E-state index contributed by atoms with van der Waals surface area (Å²) in [6, 6.07) is 11.1. The number of benzene rings is 1. The standard InChI is InChI=1S/C14H17N3O2/c1-3-11-9-13(17-16-11)15-14(18)10(2)19-12-7-5-4-6-8-12/h4-10H,3H2,1-2H3,(H2,15,16,17,18). The molecular formula is C14H17N3O2. The summed E-state index contributed by atoms with van der Waals surface area (Å²) < 4.78 is 5.53. The van der Waals surface area contributed by atoms with Gasteiger partial charge in [-0.05, 0) is 25.5 Å². The highest BCUT2D eigenvalue weighted by Gasteiger charge is 2.15. The maximum Gasteiger partial charge on any atom is 0.266 e. The van der Waals surface area contributed by atoms with Crippen LogP contribution in [0, 0.1) is 0 Å². The quantitative estimate of drug-likeness (QED) is 0.866. The largest absolute Gasteiger partial charge is 0.481 e. The SMILES string of the molecule is CCc1cc(NC(=O)C(C)Oc2ccccc2)n[nH]1. The van der Waals surface area contributed by atoms with Crippen molar-refractivity contribution in [2.75, 3.05) is 5.32 Å². The van der Waals surface area contributed by atoms with Gasteiger partial charge in [0.25, 0.3) is 5.91 Å². The molecule has 0 aliphatic rings. The summed E-state index contributed by atoms with van der Waals surface area (Å²) in [7, 11) is 0. The Kier molecular flexibility index (Phi) is 4.18. The van der Waals surface area contributed by atoms with E-state index in [4.69, 9.17) is 4.74 Å². The highest BCUT2D eigenvalue weighted by Crippen LogP contribution is 2.12. The first-order valence-corrected chi connectivity index (χ1v) is 6.26. The first-order valence-electron chi connectivity index (χ1n) is 6.26. The van der Waals surface area contributed by atoms with Crippen LogP contribution < -0.4 is 10.1 Å². The van der Waals surface area contributed by atoms with E-state index in [-0.39, 0.29) is 5.91 Å². The van der Waals surface area contributed by atoms with Crippen LogP contribution in [-0.2, 0) is 11.2 Å². The normalized spacial score (nSPS) is 11.9. The molecule has 1 aromatic heterocycles. The molecule has 2 N–H and O–H groups in total. The van der Waals surface area contributed by atoms with Crippen LogP contribution in [0.15, 0.2) is 36.4 Å². The minimum atomic E-state index is -0.579. The van der Waals surface area contributed by atoms with Gasteiger partial charge in [-0.25, -0.2) is 0 Å². The number of hydrogen-bond acceptors (Lipinski definition) is 3. The summed E-state index contributed by atoms with van der Waals surface area (Å²) in [5.41, 5.74) is 0.979. The number of aromatic amines is 1. The van der Waals surface area contributed by atoms with Crippen LogP contribution in [0.5, 0.6) is 5.75 Å². The van der Waals surface area contributed by atoms with Crippen molar-refractivity contribution in [3.05, 3.63) is 42.1 Å². The van der Waals surface area contributed by atoms with Crippen LogP contribution in [-0.4, -0.2) is 22.2 Å². The summed E-state index contributed by atoms with van der Waals surface area (Å²) >= 11 is 0. The highest BCUT2D eigenvalue weighted by atomic mass is 16.5. The number of anilines is 1. The number of nitrogens with zero attached hydrogens (tertiary/aromatic N) is 1. The van der Waals surface area contributed by atoms with E-state index >= 15 is 0 Å². The zero-order valence-corrected chi connectivity index (χ0v) is 11.0. The number of H-pyrrole nitrogens is 1. The molecule has 0 bridgehead atoms. The summed E-state index contributed by atoms with van der Waals surface area (Å²) in [6.07, 6.45) is 0.267. The van der Waals surface area contributed by atoms with Crippen LogP contribution in [0.2, 0.25) is 0 Å². The van der Waals surface area contributed by atoms with Gasteiger partial charge in [0.2, 0.25) is 0 Å². The Morgan fingerprint density at radius 2 is 2.16 bits per heavy atom. The predicted octanol–water partition coefficient (Wildman–Crippen LogP) is 2.38. The Labute approximate surface area is 112 Å². The van der Waals surface area contributed by atoms with E-state index in [1.165, 1.54) is 0 Å².